The number of ether oxygens (including phenoxy) is 1. The lowest BCUT2D eigenvalue weighted by atomic mass is 9.62. The first kappa shape index (κ1) is 21.2. The number of fused-ring (bicyclic) bond motifs is 4. The van der Waals surface area contributed by atoms with Crippen molar-refractivity contribution in [2.45, 2.75) is 97.3 Å². The summed E-state index contributed by atoms with van der Waals surface area (Å²) in [6, 6.07) is 14.2. The molecule has 0 fully saturated rings. The van der Waals surface area contributed by atoms with Gasteiger partial charge in [0.2, 0.25) is 0 Å². The Balaban J connectivity index is 1.94. The van der Waals surface area contributed by atoms with Gasteiger partial charge >= 0.3 is 0 Å². The number of rotatable bonds is 2. The van der Waals surface area contributed by atoms with Gasteiger partial charge in [0.1, 0.15) is 11.2 Å². The molecule has 0 spiro atoms. The zero-order valence-electron chi connectivity index (χ0n) is 21.7. The van der Waals surface area contributed by atoms with Gasteiger partial charge < -0.3 is 4.74 Å². The second kappa shape index (κ2) is 5.99. The smallest absolute Gasteiger partial charge is 0.296 e. The maximum Gasteiger partial charge on any atom is 0.296 e. The van der Waals surface area contributed by atoms with Gasteiger partial charge in [-0.25, -0.2) is 4.57 Å². The molecule has 6 rings (SSSR count). The van der Waals surface area contributed by atoms with Crippen LogP contribution in [0.4, 0.5) is 0 Å². The third-order valence-corrected chi connectivity index (χ3v) is 9.54. The van der Waals surface area contributed by atoms with Gasteiger partial charge in [0, 0.05) is 5.41 Å². The van der Waals surface area contributed by atoms with E-state index in [2.05, 4.69) is 108 Å². The lowest BCUT2D eigenvalue weighted by molar-refractivity contribution is -0.728. The molecule has 0 N–H and O–H groups in total. The van der Waals surface area contributed by atoms with Crippen LogP contribution in [0.2, 0.25) is 0 Å². The van der Waals surface area contributed by atoms with Crippen molar-refractivity contribution in [2.75, 3.05) is 0 Å². The number of benzene rings is 2. The summed E-state index contributed by atoms with van der Waals surface area (Å²) in [5.74, 6) is 0. The molecule has 0 radical (unpaired) electrons. The third-order valence-electron chi connectivity index (χ3n) is 9.54. The highest BCUT2D eigenvalue weighted by Crippen LogP contribution is 2.52. The molecule has 172 valence electrons. The monoisotopic (exact) mass is 441 g/mol. The van der Waals surface area contributed by atoms with E-state index in [4.69, 9.17) is 4.74 Å². The lowest BCUT2D eigenvalue weighted by Gasteiger charge is -2.46. The summed E-state index contributed by atoms with van der Waals surface area (Å²) in [5.41, 5.74) is 8.79. The molecule has 2 atom stereocenters. The summed E-state index contributed by atoms with van der Waals surface area (Å²) in [6.45, 7) is 20.8. The Morgan fingerprint density at radius 2 is 1.52 bits per heavy atom. The van der Waals surface area contributed by atoms with Crippen LogP contribution in [0.1, 0.15) is 90.6 Å². The Kier molecular flexibility index (Phi) is 3.84. The Labute approximate surface area is 197 Å². The van der Waals surface area contributed by atoms with E-state index in [0.29, 0.717) is 0 Å². The highest BCUT2D eigenvalue weighted by Gasteiger charge is 2.55. The predicted molar refractivity (Wildman–Crippen MR) is 136 cm³/mol. The molecule has 33 heavy (non-hydrogen) atoms. The molecule has 0 bridgehead atoms. The molecular weight excluding hydrogens is 404 g/mol. The van der Waals surface area contributed by atoms with Crippen LogP contribution in [-0.2, 0) is 26.9 Å². The van der Waals surface area contributed by atoms with E-state index >= 15 is 0 Å². The van der Waals surface area contributed by atoms with E-state index in [1.165, 1.54) is 49.8 Å². The van der Waals surface area contributed by atoms with Crippen LogP contribution in [0.3, 0.4) is 0 Å². The van der Waals surface area contributed by atoms with Crippen molar-refractivity contribution >= 4 is 27.5 Å². The number of imidazole rings is 1. The average molecular weight is 442 g/mol. The third kappa shape index (κ3) is 2.23. The summed E-state index contributed by atoms with van der Waals surface area (Å²) in [6.07, 6.45) is 2.17. The van der Waals surface area contributed by atoms with Crippen LogP contribution in [0, 0.1) is 6.92 Å². The van der Waals surface area contributed by atoms with Gasteiger partial charge in [0.15, 0.2) is 11.0 Å². The molecule has 2 aliphatic rings. The molecule has 4 heterocycles. The van der Waals surface area contributed by atoms with E-state index in [9.17, 15) is 0 Å². The summed E-state index contributed by atoms with van der Waals surface area (Å²) in [5, 5.41) is 2.77. The summed E-state index contributed by atoms with van der Waals surface area (Å²) < 4.78 is 11.8. The fourth-order valence-electron chi connectivity index (χ4n) is 7.43. The first-order valence-corrected chi connectivity index (χ1v) is 12.6. The Morgan fingerprint density at radius 1 is 0.848 bits per heavy atom. The van der Waals surface area contributed by atoms with Crippen molar-refractivity contribution in [3.63, 3.8) is 0 Å². The minimum Gasteiger partial charge on any atom is -0.360 e. The second-order valence-electron chi connectivity index (χ2n) is 11.9. The number of nitrogens with zero attached hydrogens (tertiary/aromatic N) is 2. The number of hydrogen-bond donors (Lipinski definition) is 0. The van der Waals surface area contributed by atoms with Crippen LogP contribution in [0.15, 0.2) is 36.4 Å². The normalized spacial score (nSPS) is 27.2. The second-order valence-corrected chi connectivity index (χ2v) is 11.9. The van der Waals surface area contributed by atoms with Crippen molar-refractivity contribution in [1.29, 1.82) is 0 Å². The van der Waals surface area contributed by atoms with E-state index in [-0.39, 0.29) is 22.2 Å². The molecule has 3 nitrogen and oxygen atoms in total. The standard InChI is InChI=1S/C30H37N2O/c1-10-29(8)20-14-12-13-19-15-18(3)31-23-16-21-22(28(6,7)33-27(21,4)5)17-24(23)32(26(31)25(19)20)30(29,9)11-2/h12-17H,10-11H2,1-9H3/q+1. The summed E-state index contributed by atoms with van der Waals surface area (Å²) in [7, 11) is 0. The maximum atomic E-state index is 6.57. The van der Waals surface area contributed by atoms with Gasteiger partial charge in [-0.3, -0.25) is 0 Å². The Hall–Kier alpha value is -2.39. The van der Waals surface area contributed by atoms with Crippen molar-refractivity contribution in [3.8, 4) is 0 Å². The van der Waals surface area contributed by atoms with Gasteiger partial charge in [-0.1, -0.05) is 39.0 Å². The highest BCUT2D eigenvalue weighted by atomic mass is 16.5. The van der Waals surface area contributed by atoms with E-state index in [1.807, 2.05) is 0 Å². The molecule has 2 aliphatic heterocycles. The first-order valence-electron chi connectivity index (χ1n) is 12.6. The van der Waals surface area contributed by atoms with Crippen molar-refractivity contribution < 1.29 is 9.30 Å². The Bertz CT molecular complexity index is 1510. The van der Waals surface area contributed by atoms with Crippen LogP contribution in [0.5, 0.6) is 0 Å². The largest absolute Gasteiger partial charge is 0.360 e. The van der Waals surface area contributed by atoms with Gasteiger partial charge in [-0.15, -0.1) is 0 Å². The number of pyridine rings is 1. The minimum atomic E-state index is -0.304. The van der Waals surface area contributed by atoms with Crippen LogP contribution >= 0.6 is 0 Å². The van der Waals surface area contributed by atoms with Crippen molar-refractivity contribution in [2.24, 2.45) is 0 Å². The highest BCUT2D eigenvalue weighted by molar-refractivity contribution is 6.00. The average Bonchev–Trinajstić information content (AvgIpc) is 3.19. The number of aryl methyl sites for hydroxylation is 1. The Morgan fingerprint density at radius 3 is 2.15 bits per heavy atom. The lowest BCUT2D eigenvalue weighted by Crippen LogP contribution is -2.66. The molecule has 2 aromatic carbocycles. The zero-order valence-corrected chi connectivity index (χ0v) is 21.7. The fourth-order valence-corrected chi connectivity index (χ4v) is 7.43. The topological polar surface area (TPSA) is 17.5 Å². The molecule has 0 aliphatic carbocycles. The quantitative estimate of drug-likeness (QED) is 0.302. The van der Waals surface area contributed by atoms with Gasteiger partial charge in [0.05, 0.1) is 16.6 Å². The molecule has 4 aromatic rings. The predicted octanol–water partition coefficient (Wildman–Crippen LogP) is 7.15. The fraction of sp³-hybridized carbons (Fsp3) is 0.500. The van der Waals surface area contributed by atoms with Crippen molar-refractivity contribution in [3.05, 3.63) is 58.8 Å². The van der Waals surface area contributed by atoms with Gasteiger partial charge in [-0.05, 0) is 94.7 Å². The van der Waals surface area contributed by atoms with E-state index < -0.39 is 0 Å². The van der Waals surface area contributed by atoms with Gasteiger partial charge in [0.25, 0.3) is 5.65 Å². The molecule has 2 aromatic heterocycles. The van der Waals surface area contributed by atoms with Crippen LogP contribution in [-0.4, -0.2) is 4.40 Å². The number of aromatic nitrogens is 2. The molecule has 0 saturated heterocycles. The number of hydrogen-bond acceptors (Lipinski definition) is 1. The maximum absolute atomic E-state index is 6.57. The van der Waals surface area contributed by atoms with Crippen LogP contribution < -0.4 is 4.57 Å². The molecule has 2 unspecified atom stereocenters. The van der Waals surface area contributed by atoms with E-state index in [1.54, 1.807) is 0 Å². The van der Waals surface area contributed by atoms with E-state index in [0.717, 1.165) is 12.8 Å². The summed E-state index contributed by atoms with van der Waals surface area (Å²) >= 11 is 0. The first-order chi connectivity index (χ1) is 15.4. The van der Waals surface area contributed by atoms with Crippen molar-refractivity contribution in [1.82, 2.24) is 4.40 Å². The molecule has 3 heteroatoms. The molecular formula is C30H37N2O+. The minimum absolute atomic E-state index is 0.0350. The zero-order chi connectivity index (χ0) is 23.7. The van der Waals surface area contributed by atoms with Crippen LogP contribution in [0.25, 0.3) is 27.5 Å². The molecule has 0 saturated carbocycles. The SMILES string of the molecule is CCC1(C)c2cccc3cc(C)n4c5cc6c(cc5[n+](c4c23)C1(C)CC)C(C)(C)OC6(C)C. The molecule has 0 amide bonds. The van der Waals surface area contributed by atoms with Gasteiger partial charge in [-0.2, -0.15) is 4.40 Å². The summed E-state index contributed by atoms with van der Waals surface area (Å²) in [4.78, 5) is 0.